The van der Waals surface area contributed by atoms with Crippen LogP contribution in [0.15, 0.2) is 12.3 Å². The van der Waals surface area contributed by atoms with Crippen molar-refractivity contribution in [3.63, 3.8) is 0 Å². The van der Waals surface area contributed by atoms with Crippen LogP contribution in [0.25, 0.3) is 0 Å². The first-order chi connectivity index (χ1) is 8.36. The van der Waals surface area contributed by atoms with Crippen molar-refractivity contribution < 1.29 is 0 Å². The summed E-state index contributed by atoms with van der Waals surface area (Å²) in [6, 6.07) is 2.00. The van der Waals surface area contributed by atoms with Gasteiger partial charge in [-0.3, -0.25) is 0 Å². The summed E-state index contributed by atoms with van der Waals surface area (Å²) in [5.41, 5.74) is 1.13. The third-order valence-electron chi connectivity index (χ3n) is 2.39. The van der Waals surface area contributed by atoms with E-state index in [4.69, 9.17) is 0 Å². The fraction of sp³-hybridized carbons (Fsp3) is 0.692. The summed E-state index contributed by atoms with van der Waals surface area (Å²) in [7, 11) is 0. The summed E-state index contributed by atoms with van der Waals surface area (Å²) >= 11 is 1.96. The second-order valence-corrected chi connectivity index (χ2v) is 5.16. The van der Waals surface area contributed by atoms with Crippen molar-refractivity contribution in [3.05, 3.63) is 18.0 Å². The maximum Gasteiger partial charge on any atom is 0.222 e. The predicted molar refractivity (Wildman–Crippen MR) is 76.5 cm³/mol. The van der Waals surface area contributed by atoms with Gasteiger partial charge in [0.05, 0.1) is 5.69 Å². The highest BCUT2D eigenvalue weighted by atomic mass is 32.2. The van der Waals surface area contributed by atoms with Crippen molar-refractivity contribution in [1.82, 2.24) is 9.97 Å². The zero-order valence-electron chi connectivity index (χ0n) is 10.9. The molecule has 0 spiro atoms. The molecule has 0 atom stereocenters. The molecule has 1 aromatic heterocycles. The molecular formula is C13H23N3S. The Morgan fingerprint density at radius 1 is 1.24 bits per heavy atom. The number of nitrogens with zero attached hydrogens (tertiary/aromatic N) is 2. The summed E-state index contributed by atoms with van der Waals surface area (Å²) in [6.45, 7) is 5.31. The first-order valence-corrected chi connectivity index (χ1v) is 7.65. The van der Waals surface area contributed by atoms with Crippen molar-refractivity contribution in [2.45, 2.75) is 45.3 Å². The van der Waals surface area contributed by atoms with E-state index in [1.807, 2.05) is 24.0 Å². The number of aromatic nitrogens is 2. The lowest BCUT2D eigenvalue weighted by molar-refractivity contribution is 0.778. The molecule has 0 aliphatic carbocycles. The Morgan fingerprint density at radius 3 is 2.88 bits per heavy atom. The quantitative estimate of drug-likeness (QED) is 0.681. The van der Waals surface area contributed by atoms with Crippen molar-refractivity contribution in [1.29, 1.82) is 0 Å². The van der Waals surface area contributed by atoms with Crippen LogP contribution in [0, 0.1) is 0 Å². The first-order valence-electron chi connectivity index (χ1n) is 6.50. The standard InChI is InChI=1S/C13H23N3S/c1-3-5-6-10-17-11-12-7-9-15-13(16-12)14-8-4-2/h7,9H,3-6,8,10-11H2,1-2H3,(H,14,15,16). The molecule has 0 radical (unpaired) electrons. The average Bonchev–Trinajstić information content (AvgIpc) is 2.37. The van der Waals surface area contributed by atoms with Crippen molar-refractivity contribution >= 4 is 17.7 Å². The lowest BCUT2D eigenvalue weighted by atomic mass is 10.3. The van der Waals surface area contributed by atoms with Gasteiger partial charge in [-0.05, 0) is 24.7 Å². The van der Waals surface area contributed by atoms with Crippen LogP contribution in [0.4, 0.5) is 5.95 Å². The van der Waals surface area contributed by atoms with Gasteiger partial charge in [-0.25, -0.2) is 9.97 Å². The molecule has 1 aromatic rings. The Bertz CT molecular complexity index is 304. The van der Waals surface area contributed by atoms with E-state index in [0.717, 1.165) is 30.4 Å². The molecule has 0 aliphatic heterocycles. The van der Waals surface area contributed by atoms with E-state index < -0.39 is 0 Å². The van der Waals surface area contributed by atoms with Crippen molar-refractivity contribution in [2.75, 3.05) is 17.6 Å². The van der Waals surface area contributed by atoms with Gasteiger partial charge in [-0.2, -0.15) is 11.8 Å². The molecule has 0 unspecified atom stereocenters. The molecule has 4 heteroatoms. The molecular weight excluding hydrogens is 230 g/mol. The molecule has 1 rings (SSSR count). The second-order valence-electron chi connectivity index (χ2n) is 4.06. The van der Waals surface area contributed by atoms with E-state index >= 15 is 0 Å². The fourth-order valence-corrected chi connectivity index (χ4v) is 2.35. The number of unbranched alkanes of at least 4 members (excludes halogenated alkanes) is 2. The van der Waals surface area contributed by atoms with Gasteiger partial charge in [0.2, 0.25) is 5.95 Å². The highest BCUT2D eigenvalue weighted by Crippen LogP contribution is 2.13. The summed E-state index contributed by atoms with van der Waals surface area (Å²) in [4.78, 5) is 8.69. The van der Waals surface area contributed by atoms with Crippen LogP contribution in [0.2, 0.25) is 0 Å². The Hall–Kier alpha value is -0.770. The van der Waals surface area contributed by atoms with Crippen LogP contribution in [-0.2, 0) is 5.75 Å². The minimum atomic E-state index is 0.763. The molecule has 0 bridgehead atoms. The van der Waals surface area contributed by atoms with Crippen LogP contribution < -0.4 is 5.32 Å². The minimum absolute atomic E-state index is 0.763. The van der Waals surface area contributed by atoms with Gasteiger partial charge < -0.3 is 5.32 Å². The lowest BCUT2D eigenvalue weighted by Gasteiger charge is -2.05. The van der Waals surface area contributed by atoms with Crippen molar-refractivity contribution in [3.8, 4) is 0 Å². The smallest absolute Gasteiger partial charge is 0.222 e. The summed E-state index contributed by atoms with van der Waals surface area (Å²) in [5.74, 6) is 2.99. The topological polar surface area (TPSA) is 37.8 Å². The van der Waals surface area contributed by atoms with E-state index in [2.05, 4.69) is 29.1 Å². The van der Waals surface area contributed by atoms with Gasteiger partial charge in [0.15, 0.2) is 0 Å². The van der Waals surface area contributed by atoms with Gasteiger partial charge >= 0.3 is 0 Å². The number of thioether (sulfide) groups is 1. The molecule has 0 saturated heterocycles. The van der Waals surface area contributed by atoms with Crippen LogP contribution in [0.3, 0.4) is 0 Å². The van der Waals surface area contributed by atoms with Crippen molar-refractivity contribution in [2.24, 2.45) is 0 Å². The Kier molecular flexibility index (Phi) is 7.80. The predicted octanol–water partition coefficient (Wildman–Crippen LogP) is 3.72. The van der Waals surface area contributed by atoms with Crippen LogP contribution in [0.1, 0.15) is 45.2 Å². The van der Waals surface area contributed by atoms with Crippen LogP contribution >= 0.6 is 11.8 Å². The maximum atomic E-state index is 4.49. The van der Waals surface area contributed by atoms with E-state index in [0.29, 0.717) is 0 Å². The number of rotatable bonds is 9. The van der Waals surface area contributed by atoms with Crippen LogP contribution in [-0.4, -0.2) is 22.3 Å². The highest BCUT2D eigenvalue weighted by molar-refractivity contribution is 7.98. The molecule has 0 amide bonds. The summed E-state index contributed by atoms with van der Waals surface area (Å²) < 4.78 is 0. The molecule has 0 aromatic carbocycles. The monoisotopic (exact) mass is 253 g/mol. The molecule has 1 N–H and O–H groups in total. The number of hydrogen-bond donors (Lipinski definition) is 1. The summed E-state index contributed by atoms with van der Waals surface area (Å²) in [6.07, 6.45) is 6.87. The zero-order chi connectivity index (χ0) is 12.3. The highest BCUT2D eigenvalue weighted by Gasteiger charge is 1.98. The molecule has 0 fully saturated rings. The summed E-state index contributed by atoms with van der Waals surface area (Å²) in [5, 5.41) is 3.21. The zero-order valence-corrected chi connectivity index (χ0v) is 11.7. The van der Waals surface area contributed by atoms with E-state index in [9.17, 15) is 0 Å². The Balaban J connectivity index is 2.27. The van der Waals surface area contributed by atoms with Gasteiger partial charge in [0.1, 0.15) is 0 Å². The Morgan fingerprint density at radius 2 is 2.12 bits per heavy atom. The molecule has 17 heavy (non-hydrogen) atoms. The third kappa shape index (κ3) is 6.51. The first kappa shape index (κ1) is 14.3. The molecule has 0 saturated carbocycles. The molecule has 1 heterocycles. The van der Waals surface area contributed by atoms with Gasteiger partial charge in [0, 0.05) is 18.5 Å². The van der Waals surface area contributed by atoms with Crippen LogP contribution in [0.5, 0.6) is 0 Å². The molecule has 3 nitrogen and oxygen atoms in total. The SMILES string of the molecule is CCCCCSCc1ccnc(NCCC)n1. The minimum Gasteiger partial charge on any atom is -0.354 e. The van der Waals surface area contributed by atoms with Gasteiger partial charge in [-0.1, -0.05) is 26.7 Å². The molecule has 96 valence electrons. The van der Waals surface area contributed by atoms with Gasteiger partial charge in [0.25, 0.3) is 0 Å². The van der Waals surface area contributed by atoms with E-state index in [1.54, 1.807) is 0 Å². The largest absolute Gasteiger partial charge is 0.354 e. The number of hydrogen-bond acceptors (Lipinski definition) is 4. The Labute approximate surface area is 109 Å². The fourth-order valence-electron chi connectivity index (χ4n) is 1.43. The second kappa shape index (κ2) is 9.28. The molecule has 0 aliphatic rings. The normalized spacial score (nSPS) is 10.5. The average molecular weight is 253 g/mol. The maximum absolute atomic E-state index is 4.49. The number of nitrogens with one attached hydrogen (secondary N) is 1. The van der Waals surface area contributed by atoms with E-state index in [-0.39, 0.29) is 0 Å². The lowest BCUT2D eigenvalue weighted by Crippen LogP contribution is -2.05. The third-order valence-corrected chi connectivity index (χ3v) is 3.47. The number of anilines is 1. The van der Waals surface area contributed by atoms with Gasteiger partial charge in [-0.15, -0.1) is 0 Å². The van der Waals surface area contributed by atoms with E-state index in [1.165, 1.54) is 25.0 Å².